The lowest BCUT2D eigenvalue weighted by Crippen LogP contribution is -2.21. The lowest BCUT2D eigenvalue weighted by molar-refractivity contribution is -0.0235. The molecule has 0 amide bonds. The lowest BCUT2D eigenvalue weighted by Gasteiger charge is -2.18. The average molecular weight is 455 g/mol. The molecule has 32 heavy (non-hydrogen) atoms. The zero-order chi connectivity index (χ0) is 23.4. The number of hydrogen-bond donors (Lipinski definition) is 0. The molecule has 0 N–H and O–H groups in total. The summed E-state index contributed by atoms with van der Waals surface area (Å²) in [5.74, 6) is 0. The van der Waals surface area contributed by atoms with Gasteiger partial charge in [-0.2, -0.15) is 0 Å². The third-order valence-electron chi connectivity index (χ3n) is 6.68. The van der Waals surface area contributed by atoms with Gasteiger partial charge in [0.2, 0.25) is 0 Å². The van der Waals surface area contributed by atoms with Crippen molar-refractivity contribution in [3.05, 3.63) is 0 Å². The van der Waals surface area contributed by atoms with Gasteiger partial charge in [-0.1, -0.05) is 149 Å². The Morgan fingerprint density at radius 2 is 0.781 bits per heavy atom. The van der Waals surface area contributed by atoms with Crippen molar-refractivity contribution in [3.63, 3.8) is 0 Å². The second-order valence-electron chi connectivity index (χ2n) is 10.1. The van der Waals surface area contributed by atoms with Crippen LogP contribution in [0.4, 0.5) is 0 Å². The topological polar surface area (TPSA) is 18.5 Å². The van der Waals surface area contributed by atoms with Gasteiger partial charge in [0.25, 0.3) is 0 Å². The van der Waals surface area contributed by atoms with E-state index in [0.29, 0.717) is 6.10 Å². The molecule has 194 valence electrons. The maximum absolute atomic E-state index is 6.27. The van der Waals surface area contributed by atoms with Crippen LogP contribution in [0.5, 0.6) is 0 Å². The number of ether oxygens (including phenoxy) is 2. The van der Waals surface area contributed by atoms with E-state index in [1.54, 1.807) is 0 Å². The van der Waals surface area contributed by atoms with Crippen LogP contribution in [-0.2, 0) is 9.47 Å². The van der Waals surface area contributed by atoms with Crippen molar-refractivity contribution in [1.82, 2.24) is 0 Å². The second-order valence-corrected chi connectivity index (χ2v) is 10.1. The fourth-order valence-corrected chi connectivity index (χ4v) is 4.41. The van der Waals surface area contributed by atoms with Crippen LogP contribution in [-0.4, -0.2) is 25.9 Å². The Labute approximate surface area is 204 Å². The fraction of sp³-hybridized carbons (Fsp3) is 1.00. The van der Waals surface area contributed by atoms with E-state index >= 15 is 0 Å². The highest BCUT2D eigenvalue weighted by atomic mass is 16.5. The molecule has 0 aliphatic rings. The van der Waals surface area contributed by atoms with Gasteiger partial charge in [-0.15, -0.1) is 0 Å². The van der Waals surface area contributed by atoms with Crippen LogP contribution in [0.3, 0.4) is 0 Å². The van der Waals surface area contributed by atoms with Crippen LogP contribution in [0.1, 0.15) is 168 Å². The summed E-state index contributed by atoms with van der Waals surface area (Å²) in [6.45, 7) is 9.52. The van der Waals surface area contributed by atoms with Gasteiger partial charge in [-0.05, 0) is 19.3 Å². The summed E-state index contributed by atoms with van der Waals surface area (Å²) in [5, 5.41) is 0. The number of hydrogen-bond acceptors (Lipinski definition) is 2. The standard InChI is InChI=1S/C30H62O2/c1-4-7-10-13-16-18-21-24-27-31-29-30(26-23-20-15-12-9-6-3)32-28-25-22-19-17-14-11-8-5-2/h30H,4-29H2,1-3H3. The smallest absolute Gasteiger partial charge is 0.0808 e. The molecule has 0 fully saturated rings. The van der Waals surface area contributed by atoms with Gasteiger partial charge in [0.05, 0.1) is 12.7 Å². The van der Waals surface area contributed by atoms with Crippen LogP contribution in [0.2, 0.25) is 0 Å². The predicted octanol–water partition coefficient (Wildman–Crippen LogP) is 10.4. The predicted molar refractivity (Wildman–Crippen MR) is 144 cm³/mol. The van der Waals surface area contributed by atoms with E-state index in [2.05, 4.69) is 20.8 Å². The molecule has 0 heterocycles. The van der Waals surface area contributed by atoms with Crippen molar-refractivity contribution < 1.29 is 9.47 Å². The summed E-state index contributed by atoms with van der Waals surface area (Å²) in [5.41, 5.74) is 0. The molecule has 0 bridgehead atoms. The minimum absolute atomic E-state index is 0.319. The first-order chi connectivity index (χ1) is 15.8. The molecule has 0 saturated heterocycles. The monoisotopic (exact) mass is 454 g/mol. The first kappa shape index (κ1) is 31.9. The highest BCUT2D eigenvalue weighted by molar-refractivity contribution is 4.59. The Balaban J connectivity index is 3.79. The zero-order valence-corrected chi connectivity index (χ0v) is 22.8. The number of unbranched alkanes of at least 4 members (excludes halogenated alkanes) is 19. The van der Waals surface area contributed by atoms with Crippen molar-refractivity contribution in [2.24, 2.45) is 0 Å². The van der Waals surface area contributed by atoms with E-state index < -0.39 is 0 Å². The van der Waals surface area contributed by atoms with Gasteiger partial charge < -0.3 is 9.47 Å². The van der Waals surface area contributed by atoms with E-state index in [9.17, 15) is 0 Å². The highest BCUT2D eigenvalue weighted by Gasteiger charge is 2.09. The third kappa shape index (κ3) is 26.2. The molecule has 0 radical (unpaired) electrons. The summed E-state index contributed by atoms with van der Waals surface area (Å²) < 4.78 is 12.3. The molecule has 1 atom stereocenters. The molecule has 0 rings (SSSR count). The van der Waals surface area contributed by atoms with Crippen molar-refractivity contribution in [1.29, 1.82) is 0 Å². The first-order valence-corrected chi connectivity index (χ1v) is 15.0. The van der Waals surface area contributed by atoms with Crippen LogP contribution >= 0.6 is 0 Å². The maximum atomic E-state index is 6.27. The molecule has 0 aromatic carbocycles. The largest absolute Gasteiger partial charge is 0.379 e. The first-order valence-electron chi connectivity index (χ1n) is 15.0. The Morgan fingerprint density at radius 3 is 1.25 bits per heavy atom. The van der Waals surface area contributed by atoms with Crippen molar-refractivity contribution >= 4 is 0 Å². The Bertz CT molecular complexity index is 318. The van der Waals surface area contributed by atoms with Gasteiger partial charge >= 0.3 is 0 Å². The van der Waals surface area contributed by atoms with Gasteiger partial charge in [0, 0.05) is 13.2 Å². The molecule has 0 aromatic rings. The summed E-state index contributed by atoms with van der Waals surface area (Å²) in [6.07, 6.45) is 31.5. The maximum Gasteiger partial charge on any atom is 0.0808 e. The van der Waals surface area contributed by atoms with Gasteiger partial charge in [0.15, 0.2) is 0 Å². The molecule has 0 spiro atoms. The molecular formula is C30H62O2. The molecule has 1 unspecified atom stereocenters. The van der Waals surface area contributed by atoms with Gasteiger partial charge in [-0.3, -0.25) is 0 Å². The quantitative estimate of drug-likeness (QED) is 0.109. The van der Waals surface area contributed by atoms with E-state index in [1.165, 1.54) is 148 Å². The molecule has 2 heteroatoms. The van der Waals surface area contributed by atoms with Crippen molar-refractivity contribution in [3.8, 4) is 0 Å². The summed E-state index contributed by atoms with van der Waals surface area (Å²) in [6, 6.07) is 0. The summed E-state index contributed by atoms with van der Waals surface area (Å²) in [7, 11) is 0. The molecule has 0 saturated carbocycles. The minimum atomic E-state index is 0.319. The Kier molecular flexibility index (Phi) is 28.9. The Hall–Kier alpha value is -0.0800. The normalized spacial score (nSPS) is 12.5. The minimum Gasteiger partial charge on any atom is -0.379 e. The van der Waals surface area contributed by atoms with Crippen LogP contribution in [0, 0.1) is 0 Å². The van der Waals surface area contributed by atoms with Gasteiger partial charge in [0.1, 0.15) is 0 Å². The number of rotatable bonds is 28. The molecule has 0 aromatic heterocycles. The van der Waals surface area contributed by atoms with E-state index in [-0.39, 0.29) is 0 Å². The molecule has 0 aliphatic carbocycles. The SMILES string of the molecule is CCCCCCCCCCOCC(CCCCCCCC)OCCCCCCCCCC. The summed E-state index contributed by atoms with van der Waals surface area (Å²) in [4.78, 5) is 0. The van der Waals surface area contributed by atoms with Crippen molar-refractivity contribution in [2.75, 3.05) is 19.8 Å². The second kappa shape index (κ2) is 29.0. The summed E-state index contributed by atoms with van der Waals surface area (Å²) >= 11 is 0. The Morgan fingerprint density at radius 1 is 0.406 bits per heavy atom. The van der Waals surface area contributed by atoms with Crippen molar-refractivity contribution in [2.45, 2.75) is 175 Å². The van der Waals surface area contributed by atoms with Crippen LogP contribution in [0.15, 0.2) is 0 Å². The lowest BCUT2D eigenvalue weighted by atomic mass is 10.1. The van der Waals surface area contributed by atoms with E-state index in [1.807, 2.05) is 0 Å². The fourth-order valence-electron chi connectivity index (χ4n) is 4.41. The zero-order valence-electron chi connectivity index (χ0n) is 22.8. The van der Waals surface area contributed by atoms with Crippen LogP contribution < -0.4 is 0 Å². The molecule has 0 aliphatic heterocycles. The highest BCUT2D eigenvalue weighted by Crippen LogP contribution is 2.14. The third-order valence-corrected chi connectivity index (χ3v) is 6.68. The van der Waals surface area contributed by atoms with E-state index in [4.69, 9.17) is 9.47 Å². The van der Waals surface area contributed by atoms with E-state index in [0.717, 1.165) is 19.8 Å². The average Bonchev–Trinajstić information content (AvgIpc) is 2.80. The van der Waals surface area contributed by atoms with Crippen LogP contribution in [0.25, 0.3) is 0 Å². The molecular weight excluding hydrogens is 392 g/mol. The van der Waals surface area contributed by atoms with Gasteiger partial charge in [-0.25, -0.2) is 0 Å². The molecule has 2 nitrogen and oxygen atoms in total.